The number of aromatic nitrogens is 2. The third-order valence-corrected chi connectivity index (χ3v) is 6.02. The third-order valence-electron chi connectivity index (χ3n) is 4.68. The van der Waals surface area contributed by atoms with E-state index in [9.17, 15) is 9.59 Å². The highest BCUT2D eigenvalue weighted by Crippen LogP contribution is 2.24. The van der Waals surface area contributed by atoms with Crippen LogP contribution in [0.3, 0.4) is 0 Å². The highest BCUT2D eigenvalue weighted by Gasteiger charge is 2.23. The Morgan fingerprint density at radius 3 is 2.64 bits per heavy atom. The third kappa shape index (κ3) is 6.00. The first-order valence-electron chi connectivity index (χ1n) is 10.4. The Kier molecular flexibility index (Phi) is 7.94. The van der Waals surface area contributed by atoms with Crippen LogP contribution in [-0.2, 0) is 14.9 Å². The second-order valence-corrected chi connectivity index (χ2v) is 10.5. The Morgan fingerprint density at radius 2 is 2.00 bits per heavy atom. The topological polar surface area (TPSA) is 82.8 Å². The minimum atomic E-state index is -0.714. The van der Waals surface area contributed by atoms with Crippen molar-refractivity contribution >= 4 is 61.6 Å². The van der Waals surface area contributed by atoms with Crippen LogP contribution in [0, 0.1) is 3.57 Å². The van der Waals surface area contributed by atoms with Crippen molar-refractivity contribution in [1.29, 1.82) is 0 Å². The lowest BCUT2D eigenvalue weighted by atomic mass is 9.95. The fourth-order valence-electron chi connectivity index (χ4n) is 3.06. The van der Waals surface area contributed by atoms with Crippen molar-refractivity contribution in [3.05, 3.63) is 66.2 Å². The van der Waals surface area contributed by atoms with Gasteiger partial charge in [0.1, 0.15) is 11.6 Å². The largest absolute Gasteiger partial charge is 0.478 e. The summed E-state index contributed by atoms with van der Waals surface area (Å²) >= 11 is 5.55. The first-order valence-corrected chi connectivity index (χ1v) is 12.3. The van der Waals surface area contributed by atoms with E-state index in [1.807, 2.05) is 45.0 Å². The molecular weight excluding hydrogens is 601 g/mol. The molecule has 0 amide bonds. The van der Waals surface area contributed by atoms with Gasteiger partial charge in [0.05, 0.1) is 27.3 Å². The molecule has 0 unspecified atom stereocenters. The number of halogens is 2. The zero-order valence-electron chi connectivity index (χ0n) is 19.1. The van der Waals surface area contributed by atoms with Crippen LogP contribution in [0.4, 0.5) is 0 Å². The second kappa shape index (κ2) is 10.3. The van der Waals surface area contributed by atoms with E-state index in [1.165, 1.54) is 4.68 Å². The number of hydrogen-bond donors (Lipinski definition) is 0. The summed E-state index contributed by atoms with van der Waals surface area (Å²) in [6, 6.07) is 10.9. The molecule has 0 bridgehead atoms. The number of carbonyl (C=O) groups excluding carboxylic acids is 1. The van der Waals surface area contributed by atoms with E-state index in [0.29, 0.717) is 29.1 Å². The summed E-state index contributed by atoms with van der Waals surface area (Å²) in [4.78, 5) is 29.8. The maximum absolute atomic E-state index is 13.3. The molecule has 2 aromatic carbocycles. The first kappa shape index (κ1) is 25.4. The van der Waals surface area contributed by atoms with Crippen LogP contribution in [0.1, 0.15) is 46.0 Å². The van der Waals surface area contributed by atoms with Gasteiger partial charge in [-0.15, -0.1) is 0 Å². The molecule has 9 heteroatoms. The maximum atomic E-state index is 13.3. The first-order chi connectivity index (χ1) is 15.5. The van der Waals surface area contributed by atoms with Crippen LogP contribution in [0.5, 0.6) is 5.75 Å². The van der Waals surface area contributed by atoms with Crippen LogP contribution >= 0.6 is 38.5 Å². The van der Waals surface area contributed by atoms with Crippen molar-refractivity contribution in [1.82, 2.24) is 9.66 Å². The number of carbonyl (C=O) groups is 1. The molecule has 1 atom stereocenters. The minimum Gasteiger partial charge on any atom is -0.478 e. The lowest BCUT2D eigenvalue weighted by molar-refractivity contribution is -0.150. The molecule has 3 rings (SSSR count). The minimum absolute atomic E-state index is 0.236. The fraction of sp³-hybridized carbons (Fsp3) is 0.333. The molecule has 0 saturated carbocycles. The summed E-state index contributed by atoms with van der Waals surface area (Å²) in [6.45, 7) is 9.68. The summed E-state index contributed by atoms with van der Waals surface area (Å²) < 4.78 is 13.7. The highest BCUT2D eigenvalue weighted by molar-refractivity contribution is 14.1. The molecule has 3 aromatic rings. The number of esters is 1. The SMILES string of the molecule is CCOC(=O)[C@H](C)Oc1ccc(C=Nn2c(C(C)(C)C)nc3ccc(Br)cc3c2=O)cc1I. The smallest absolute Gasteiger partial charge is 0.347 e. The molecule has 0 radical (unpaired) electrons. The Bertz CT molecular complexity index is 1280. The molecule has 0 spiro atoms. The molecule has 0 N–H and O–H groups in total. The molecule has 0 aliphatic carbocycles. The van der Waals surface area contributed by atoms with Gasteiger partial charge in [-0.25, -0.2) is 9.78 Å². The second-order valence-electron chi connectivity index (χ2n) is 8.41. The van der Waals surface area contributed by atoms with Gasteiger partial charge in [-0.05, 0) is 78.4 Å². The van der Waals surface area contributed by atoms with Crippen molar-refractivity contribution in [2.45, 2.75) is 46.1 Å². The number of ether oxygens (including phenoxy) is 2. The van der Waals surface area contributed by atoms with E-state index < -0.39 is 17.5 Å². The number of benzene rings is 2. The molecule has 174 valence electrons. The predicted molar refractivity (Wildman–Crippen MR) is 141 cm³/mol. The van der Waals surface area contributed by atoms with Gasteiger partial charge >= 0.3 is 5.97 Å². The van der Waals surface area contributed by atoms with Gasteiger partial charge in [-0.3, -0.25) is 4.79 Å². The number of hydrogen-bond acceptors (Lipinski definition) is 6. The highest BCUT2D eigenvalue weighted by atomic mass is 127. The Labute approximate surface area is 214 Å². The molecule has 0 aliphatic heterocycles. The maximum Gasteiger partial charge on any atom is 0.347 e. The molecule has 1 heterocycles. The molecule has 0 saturated heterocycles. The number of rotatable bonds is 6. The molecular formula is C24H25BrIN3O4. The normalized spacial score (nSPS) is 12.8. The van der Waals surface area contributed by atoms with Crippen molar-refractivity contribution in [2.75, 3.05) is 6.61 Å². The van der Waals surface area contributed by atoms with E-state index >= 15 is 0 Å². The van der Waals surface area contributed by atoms with Crippen LogP contribution in [0.2, 0.25) is 0 Å². The molecule has 7 nitrogen and oxygen atoms in total. The van der Waals surface area contributed by atoms with E-state index in [2.05, 4.69) is 43.6 Å². The van der Waals surface area contributed by atoms with E-state index in [-0.39, 0.29) is 5.56 Å². The van der Waals surface area contributed by atoms with Gasteiger partial charge in [0.15, 0.2) is 6.10 Å². The van der Waals surface area contributed by atoms with Gasteiger partial charge in [0, 0.05) is 9.89 Å². The molecule has 1 aromatic heterocycles. The van der Waals surface area contributed by atoms with E-state index in [1.54, 1.807) is 32.2 Å². The van der Waals surface area contributed by atoms with Crippen molar-refractivity contribution in [3.63, 3.8) is 0 Å². The van der Waals surface area contributed by atoms with Crippen LogP contribution in [-0.4, -0.2) is 34.6 Å². The van der Waals surface area contributed by atoms with Gasteiger partial charge in [0.2, 0.25) is 0 Å². The summed E-state index contributed by atoms with van der Waals surface area (Å²) in [5.41, 5.74) is 0.774. The standard InChI is InChI=1S/C24H25BrIN3O4/c1-6-32-22(31)14(2)33-20-10-7-15(11-18(20)26)13-27-29-21(30)17-12-16(25)8-9-19(17)28-23(29)24(3,4)5/h7-14H,6H2,1-5H3/t14-/m0/s1. The van der Waals surface area contributed by atoms with Crippen molar-refractivity contribution < 1.29 is 14.3 Å². The van der Waals surface area contributed by atoms with Gasteiger partial charge in [0.25, 0.3) is 5.56 Å². The van der Waals surface area contributed by atoms with Crippen LogP contribution < -0.4 is 10.3 Å². The lowest BCUT2D eigenvalue weighted by Crippen LogP contribution is -2.29. The average molecular weight is 626 g/mol. The Hall–Kier alpha value is -2.27. The Morgan fingerprint density at radius 1 is 1.27 bits per heavy atom. The van der Waals surface area contributed by atoms with Gasteiger partial charge < -0.3 is 9.47 Å². The summed E-state index contributed by atoms with van der Waals surface area (Å²) in [6.07, 6.45) is 0.900. The summed E-state index contributed by atoms with van der Waals surface area (Å²) in [5.74, 6) is 0.720. The molecule has 0 fully saturated rings. The van der Waals surface area contributed by atoms with Crippen LogP contribution in [0.25, 0.3) is 10.9 Å². The molecule has 0 aliphatic rings. The van der Waals surface area contributed by atoms with Crippen LogP contribution in [0.15, 0.2) is 50.8 Å². The van der Waals surface area contributed by atoms with E-state index in [4.69, 9.17) is 14.5 Å². The summed E-state index contributed by atoms with van der Waals surface area (Å²) in [7, 11) is 0. The van der Waals surface area contributed by atoms with Crippen molar-refractivity contribution in [2.24, 2.45) is 5.10 Å². The quantitative estimate of drug-likeness (QED) is 0.212. The number of nitrogens with zero attached hydrogens (tertiary/aromatic N) is 3. The van der Waals surface area contributed by atoms with Crippen molar-refractivity contribution in [3.8, 4) is 5.75 Å². The fourth-order valence-corrected chi connectivity index (χ4v) is 4.08. The zero-order valence-corrected chi connectivity index (χ0v) is 22.8. The molecule has 33 heavy (non-hydrogen) atoms. The summed E-state index contributed by atoms with van der Waals surface area (Å²) in [5, 5.41) is 4.98. The Balaban J connectivity index is 1.97. The van der Waals surface area contributed by atoms with E-state index in [0.717, 1.165) is 13.6 Å². The zero-order chi connectivity index (χ0) is 24.3. The van der Waals surface area contributed by atoms with Gasteiger partial charge in [-0.1, -0.05) is 36.7 Å². The predicted octanol–water partition coefficient (Wildman–Crippen LogP) is 5.27. The average Bonchev–Trinajstić information content (AvgIpc) is 2.74. The monoisotopic (exact) mass is 625 g/mol. The lowest BCUT2D eigenvalue weighted by Gasteiger charge is -2.20. The number of fused-ring (bicyclic) bond motifs is 1. The van der Waals surface area contributed by atoms with Gasteiger partial charge in [-0.2, -0.15) is 9.78 Å².